The van der Waals surface area contributed by atoms with Gasteiger partial charge < -0.3 is 10.2 Å². The van der Waals surface area contributed by atoms with Crippen LogP contribution in [0.3, 0.4) is 0 Å². The van der Waals surface area contributed by atoms with E-state index in [0.717, 1.165) is 56.6 Å². The summed E-state index contributed by atoms with van der Waals surface area (Å²) in [5, 5.41) is 3.05. The molecule has 0 spiro atoms. The lowest BCUT2D eigenvalue weighted by molar-refractivity contribution is -0.126. The summed E-state index contributed by atoms with van der Waals surface area (Å²) in [6.07, 6.45) is 3.69. The van der Waals surface area contributed by atoms with Gasteiger partial charge in [-0.25, -0.2) is 0 Å². The molecule has 1 saturated heterocycles. The van der Waals surface area contributed by atoms with Crippen molar-refractivity contribution in [1.82, 2.24) is 10.2 Å². The number of nitrogens with zero attached hydrogens (tertiary/aromatic N) is 2. The minimum atomic E-state index is 0.0424. The van der Waals surface area contributed by atoms with Gasteiger partial charge in [0.25, 0.3) is 0 Å². The van der Waals surface area contributed by atoms with E-state index >= 15 is 0 Å². The van der Waals surface area contributed by atoms with Gasteiger partial charge in [0, 0.05) is 24.7 Å². The predicted octanol–water partition coefficient (Wildman–Crippen LogP) is 2.99. The smallest absolute Gasteiger partial charge is 0.241 e. The van der Waals surface area contributed by atoms with E-state index in [2.05, 4.69) is 22.3 Å². The molecule has 1 fully saturated rings. The Morgan fingerprint density at radius 3 is 2.45 bits per heavy atom. The molecule has 5 nitrogen and oxygen atoms in total. The zero-order valence-corrected chi connectivity index (χ0v) is 16.8. The molecule has 2 heterocycles. The number of fused-ring (bicyclic) bond motifs is 1. The summed E-state index contributed by atoms with van der Waals surface area (Å²) in [6, 6.07) is 18.2. The van der Waals surface area contributed by atoms with Gasteiger partial charge >= 0.3 is 0 Å². The third kappa shape index (κ3) is 4.85. The van der Waals surface area contributed by atoms with Gasteiger partial charge in [-0.3, -0.25) is 14.5 Å². The van der Waals surface area contributed by atoms with Crippen LogP contribution in [0.1, 0.15) is 30.4 Å². The molecular weight excluding hydrogens is 362 g/mol. The average molecular weight is 392 g/mol. The van der Waals surface area contributed by atoms with Crippen molar-refractivity contribution in [3.8, 4) is 0 Å². The van der Waals surface area contributed by atoms with Crippen molar-refractivity contribution in [3.63, 3.8) is 0 Å². The first-order chi connectivity index (χ1) is 14.2. The van der Waals surface area contributed by atoms with Gasteiger partial charge in [-0.05, 0) is 56.0 Å². The Bertz CT molecular complexity index is 844. The number of benzene rings is 2. The molecule has 0 aromatic heterocycles. The van der Waals surface area contributed by atoms with Crippen LogP contribution in [-0.2, 0) is 22.6 Å². The molecule has 2 amide bonds. The third-order valence-electron chi connectivity index (χ3n) is 6.04. The number of carbonyl (C=O) groups is 2. The van der Waals surface area contributed by atoms with Gasteiger partial charge in [0.2, 0.25) is 11.8 Å². The van der Waals surface area contributed by atoms with Gasteiger partial charge in [0.1, 0.15) is 0 Å². The van der Waals surface area contributed by atoms with E-state index in [1.165, 1.54) is 5.56 Å². The highest BCUT2D eigenvalue weighted by Gasteiger charge is 2.28. The lowest BCUT2D eigenvalue weighted by Gasteiger charge is -2.34. The molecule has 2 aromatic rings. The fourth-order valence-corrected chi connectivity index (χ4v) is 4.35. The van der Waals surface area contributed by atoms with Crippen LogP contribution in [-0.4, -0.2) is 42.9 Å². The second kappa shape index (κ2) is 9.23. The molecule has 152 valence electrons. The second-order valence-electron chi connectivity index (χ2n) is 8.03. The molecule has 0 unspecified atom stereocenters. The number of carbonyl (C=O) groups excluding carboxylic acids is 2. The largest absolute Gasteiger partial charge is 0.352 e. The molecule has 0 saturated carbocycles. The van der Waals surface area contributed by atoms with E-state index in [1.54, 1.807) is 0 Å². The Hall–Kier alpha value is -2.66. The number of aryl methyl sites for hydroxylation is 1. The van der Waals surface area contributed by atoms with Gasteiger partial charge in [-0.1, -0.05) is 48.5 Å². The third-order valence-corrected chi connectivity index (χ3v) is 6.04. The lowest BCUT2D eigenvalue weighted by atomic mass is 9.95. The molecule has 29 heavy (non-hydrogen) atoms. The highest BCUT2D eigenvalue weighted by Crippen LogP contribution is 2.27. The quantitative estimate of drug-likeness (QED) is 0.853. The molecule has 2 aliphatic heterocycles. The summed E-state index contributed by atoms with van der Waals surface area (Å²) in [6.45, 7) is 3.41. The monoisotopic (exact) mass is 391 g/mol. The molecule has 0 radical (unpaired) electrons. The highest BCUT2D eigenvalue weighted by atomic mass is 16.2. The lowest BCUT2D eigenvalue weighted by Crippen LogP contribution is -2.46. The number of piperidine rings is 1. The Morgan fingerprint density at radius 2 is 1.66 bits per heavy atom. The normalized spacial score (nSPS) is 17.6. The number of hydrogen-bond acceptors (Lipinski definition) is 3. The zero-order chi connectivity index (χ0) is 20.1. The average Bonchev–Trinajstić information content (AvgIpc) is 2.78. The summed E-state index contributed by atoms with van der Waals surface area (Å²) in [5.41, 5.74) is 3.45. The number of amides is 2. The maximum atomic E-state index is 12.9. The van der Waals surface area contributed by atoms with Crippen LogP contribution in [0.4, 0.5) is 5.69 Å². The van der Waals surface area contributed by atoms with Crippen molar-refractivity contribution >= 4 is 17.5 Å². The zero-order valence-electron chi connectivity index (χ0n) is 16.8. The molecule has 5 heteroatoms. The van der Waals surface area contributed by atoms with Crippen molar-refractivity contribution in [2.45, 2.75) is 32.2 Å². The van der Waals surface area contributed by atoms with Crippen molar-refractivity contribution in [1.29, 1.82) is 0 Å². The summed E-state index contributed by atoms with van der Waals surface area (Å²) in [7, 11) is 0. The number of hydrogen-bond donors (Lipinski definition) is 1. The maximum Gasteiger partial charge on any atom is 0.241 e. The highest BCUT2D eigenvalue weighted by molar-refractivity contribution is 5.96. The minimum absolute atomic E-state index is 0.0424. The number of nitrogens with one attached hydrogen (secondary N) is 1. The van der Waals surface area contributed by atoms with Crippen LogP contribution in [0.5, 0.6) is 0 Å². The van der Waals surface area contributed by atoms with Gasteiger partial charge in [-0.15, -0.1) is 0 Å². The molecule has 2 aliphatic rings. The number of anilines is 1. The summed E-state index contributed by atoms with van der Waals surface area (Å²) < 4.78 is 0. The fraction of sp³-hybridized carbons (Fsp3) is 0.417. The van der Waals surface area contributed by atoms with Gasteiger partial charge in [-0.2, -0.15) is 0 Å². The van der Waals surface area contributed by atoms with Crippen molar-refractivity contribution in [3.05, 3.63) is 65.7 Å². The molecule has 1 N–H and O–H groups in total. The molecule has 0 bridgehead atoms. The predicted molar refractivity (Wildman–Crippen MR) is 115 cm³/mol. The number of likely N-dealkylation sites (tertiary alicyclic amines) is 1. The minimum Gasteiger partial charge on any atom is -0.352 e. The topological polar surface area (TPSA) is 52.7 Å². The van der Waals surface area contributed by atoms with Crippen LogP contribution in [0, 0.1) is 5.92 Å². The Morgan fingerprint density at radius 1 is 0.931 bits per heavy atom. The van der Waals surface area contributed by atoms with Crippen molar-refractivity contribution in [2.75, 3.05) is 31.1 Å². The fourth-order valence-electron chi connectivity index (χ4n) is 4.35. The second-order valence-corrected chi connectivity index (χ2v) is 8.03. The first kappa shape index (κ1) is 19.6. The molecule has 2 aromatic carbocycles. The van der Waals surface area contributed by atoms with Gasteiger partial charge in [0.05, 0.1) is 6.54 Å². The van der Waals surface area contributed by atoms with E-state index in [0.29, 0.717) is 13.1 Å². The van der Waals surface area contributed by atoms with Crippen LogP contribution >= 0.6 is 0 Å². The summed E-state index contributed by atoms with van der Waals surface area (Å²) in [5.74, 6) is 0.342. The molecule has 0 aliphatic carbocycles. The van der Waals surface area contributed by atoms with E-state index in [-0.39, 0.29) is 17.7 Å². The maximum absolute atomic E-state index is 12.9. The SMILES string of the molecule is O=C(NCc1ccccc1)C1CCN(CC(=O)N2CCCc3ccccc32)CC1. The van der Waals surface area contributed by atoms with E-state index in [9.17, 15) is 9.59 Å². The number of para-hydroxylation sites is 1. The van der Waals surface area contributed by atoms with E-state index < -0.39 is 0 Å². The number of rotatable bonds is 5. The van der Waals surface area contributed by atoms with Crippen LogP contribution in [0.25, 0.3) is 0 Å². The van der Waals surface area contributed by atoms with Crippen LogP contribution < -0.4 is 10.2 Å². The first-order valence-electron chi connectivity index (χ1n) is 10.6. The standard InChI is InChI=1S/C24H29N3O2/c28-23(27-14-6-10-20-9-4-5-11-22(20)27)18-26-15-12-21(13-16-26)24(29)25-17-19-7-2-1-3-8-19/h1-5,7-9,11,21H,6,10,12-18H2,(H,25,29). The first-order valence-corrected chi connectivity index (χ1v) is 10.6. The molecule has 0 atom stereocenters. The van der Waals surface area contributed by atoms with E-state index in [4.69, 9.17) is 0 Å². The molecule has 4 rings (SSSR count). The van der Waals surface area contributed by atoms with Crippen molar-refractivity contribution in [2.24, 2.45) is 5.92 Å². The Kier molecular flexibility index (Phi) is 6.25. The molecular formula is C24H29N3O2. The Balaban J connectivity index is 1.25. The summed E-state index contributed by atoms with van der Waals surface area (Å²) >= 11 is 0. The van der Waals surface area contributed by atoms with Gasteiger partial charge in [0.15, 0.2) is 0 Å². The van der Waals surface area contributed by atoms with Crippen molar-refractivity contribution < 1.29 is 9.59 Å². The Labute approximate surface area is 172 Å². The van der Waals surface area contributed by atoms with Crippen LogP contribution in [0.2, 0.25) is 0 Å². The van der Waals surface area contributed by atoms with Crippen LogP contribution in [0.15, 0.2) is 54.6 Å². The van der Waals surface area contributed by atoms with E-state index in [1.807, 2.05) is 47.4 Å². The summed E-state index contributed by atoms with van der Waals surface area (Å²) in [4.78, 5) is 29.5.